The van der Waals surface area contributed by atoms with Gasteiger partial charge in [0.05, 0.1) is 0 Å². The van der Waals surface area contributed by atoms with Gasteiger partial charge in [0.2, 0.25) is 0 Å². The summed E-state index contributed by atoms with van der Waals surface area (Å²) in [5, 5.41) is 5.60. The second-order valence-corrected chi connectivity index (χ2v) is 6.55. The number of amides is 2. The molecule has 0 atom stereocenters. The third kappa shape index (κ3) is 5.74. The number of benzene rings is 2. The molecule has 0 unspecified atom stereocenters. The van der Waals surface area contributed by atoms with E-state index in [4.69, 9.17) is 4.74 Å². The van der Waals surface area contributed by atoms with E-state index in [-0.39, 0.29) is 6.03 Å². The van der Waals surface area contributed by atoms with Crippen LogP contribution in [-0.4, -0.2) is 25.1 Å². The van der Waals surface area contributed by atoms with Crippen LogP contribution in [0.4, 0.5) is 16.2 Å². The van der Waals surface area contributed by atoms with Crippen molar-refractivity contribution in [2.75, 3.05) is 24.3 Å². The van der Waals surface area contributed by atoms with Gasteiger partial charge in [-0.3, -0.25) is 4.98 Å². The number of hydrogen-bond donors (Lipinski definition) is 2. The van der Waals surface area contributed by atoms with Gasteiger partial charge < -0.3 is 20.3 Å². The number of anilines is 2. The summed E-state index contributed by atoms with van der Waals surface area (Å²) in [6, 6.07) is 19.0. The number of rotatable bonds is 7. The first-order chi connectivity index (χ1) is 13.6. The van der Waals surface area contributed by atoms with Crippen molar-refractivity contribution in [3.05, 3.63) is 84.2 Å². The molecule has 1 aromatic heterocycles. The first-order valence-corrected chi connectivity index (χ1v) is 9.03. The second-order valence-electron chi connectivity index (χ2n) is 6.55. The highest BCUT2D eigenvalue weighted by Crippen LogP contribution is 2.19. The average Bonchev–Trinajstić information content (AvgIpc) is 2.73. The number of nitrogens with one attached hydrogen (secondary N) is 2. The van der Waals surface area contributed by atoms with E-state index in [1.54, 1.807) is 12.4 Å². The van der Waals surface area contributed by atoms with Crippen molar-refractivity contribution in [3.8, 4) is 5.75 Å². The molecule has 1 heterocycles. The monoisotopic (exact) mass is 376 g/mol. The van der Waals surface area contributed by atoms with E-state index >= 15 is 0 Å². The molecule has 2 amide bonds. The Morgan fingerprint density at radius 1 is 1.04 bits per heavy atom. The summed E-state index contributed by atoms with van der Waals surface area (Å²) in [6.45, 7) is 0.910. The SMILES string of the molecule is CN(C)c1cccc(COc2ccc(NC(=O)NCc3cccnc3)cc2)c1. The van der Waals surface area contributed by atoms with Crippen LogP contribution in [0.5, 0.6) is 5.75 Å². The Kier molecular flexibility index (Phi) is 6.46. The van der Waals surface area contributed by atoms with Crippen LogP contribution in [0, 0.1) is 0 Å². The molecule has 3 rings (SSSR count). The van der Waals surface area contributed by atoms with Crippen LogP contribution in [0.25, 0.3) is 0 Å². The van der Waals surface area contributed by atoms with Crippen molar-refractivity contribution in [3.63, 3.8) is 0 Å². The van der Waals surface area contributed by atoms with E-state index < -0.39 is 0 Å². The maximum atomic E-state index is 12.0. The fourth-order valence-corrected chi connectivity index (χ4v) is 2.59. The Morgan fingerprint density at radius 3 is 2.54 bits per heavy atom. The maximum absolute atomic E-state index is 12.0. The summed E-state index contributed by atoms with van der Waals surface area (Å²) < 4.78 is 5.84. The molecule has 0 saturated heterocycles. The highest BCUT2D eigenvalue weighted by molar-refractivity contribution is 5.89. The highest BCUT2D eigenvalue weighted by atomic mass is 16.5. The summed E-state index contributed by atoms with van der Waals surface area (Å²) in [7, 11) is 4.02. The van der Waals surface area contributed by atoms with Gasteiger partial charge in [-0.2, -0.15) is 0 Å². The smallest absolute Gasteiger partial charge is 0.319 e. The standard InChI is InChI=1S/C22H24N4O2/c1-26(2)20-7-3-5-17(13-20)16-28-21-10-8-19(9-11-21)25-22(27)24-15-18-6-4-12-23-14-18/h3-14H,15-16H2,1-2H3,(H2,24,25,27). The molecule has 2 aromatic carbocycles. The first kappa shape index (κ1) is 19.2. The van der Waals surface area contributed by atoms with Gasteiger partial charge in [-0.1, -0.05) is 18.2 Å². The van der Waals surface area contributed by atoms with Crippen LogP contribution in [0.1, 0.15) is 11.1 Å². The van der Waals surface area contributed by atoms with Crippen LogP contribution in [0.2, 0.25) is 0 Å². The summed E-state index contributed by atoms with van der Waals surface area (Å²) in [5.74, 6) is 0.747. The van der Waals surface area contributed by atoms with E-state index in [0.29, 0.717) is 18.8 Å². The molecule has 6 nitrogen and oxygen atoms in total. The van der Waals surface area contributed by atoms with Crippen molar-refractivity contribution in [2.45, 2.75) is 13.2 Å². The van der Waals surface area contributed by atoms with Crippen LogP contribution in [-0.2, 0) is 13.2 Å². The number of nitrogens with zero attached hydrogens (tertiary/aromatic N) is 2. The number of carbonyl (C=O) groups is 1. The van der Waals surface area contributed by atoms with Crippen LogP contribution < -0.4 is 20.3 Å². The zero-order chi connectivity index (χ0) is 19.8. The van der Waals surface area contributed by atoms with E-state index in [1.165, 1.54) is 0 Å². The number of pyridine rings is 1. The van der Waals surface area contributed by atoms with Crippen molar-refractivity contribution in [2.24, 2.45) is 0 Å². The largest absolute Gasteiger partial charge is 0.489 e. The fraction of sp³-hybridized carbons (Fsp3) is 0.182. The third-order valence-corrected chi connectivity index (χ3v) is 4.12. The zero-order valence-corrected chi connectivity index (χ0v) is 16.1. The van der Waals surface area contributed by atoms with Gasteiger partial charge in [-0.15, -0.1) is 0 Å². The topological polar surface area (TPSA) is 66.5 Å². The number of hydrogen-bond acceptors (Lipinski definition) is 4. The Labute approximate surface area is 165 Å². The summed E-state index contributed by atoms with van der Waals surface area (Å²) in [5.41, 5.74) is 3.88. The molecule has 0 aliphatic rings. The molecular formula is C22H24N4O2. The van der Waals surface area contributed by atoms with Gasteiger partial charge in [0.1, 0.15) is 12.4 Å². The lowest BCUT2D eigenvalue weighted by molar-refractivity contribution is 0.251. The molecule has 0 fully saturated rings. The van der Waals surface area contributed by atoms with Crippen LogP contribution in [0.15, 0.2) is 73.1 Å². The Balaban J connectivity index is 1.48. The van der Waals surface area contributed by atoms with Gasteiger partial charge in [0.25, 0.3) is 0 Å². The summed E-state index contributed by atoms with van der Waals surface area (Å²) in [4.78, 5) is 18.1. The van der Waals surface area contributed by atoms with E-state index in [1.807, 2.05) is 62.6 Å². The van der Waals surface area contributed by atoms with Gasteiger partial charge >= 0.3 is 6.03 Å². The highest BCUT2D eigenvalue weighted by Gasteiger charge is 2.03. The van der Waals surface area contributed by atoms with Crippen molar-refractivity contribution < 1.29 is 9.53 Å². The molecule has 0 aliphatic carbocycles. The molecule has 3 aromatic rings. The predicted octanol–water partition coefficient (Wildman–Crippen LogP) is 4.05. The lowest BCUT2D eigenvalue weighted by atomic mass is 10.2. The first-order valence-electron chi connectivity index (χ1n) is 9.03. The predicted molar refractivity (Wildman–Crippen MR) is 112 cm³/mol. The quantitative estimate of drug-likeness (QED) is 0.653. The van der Waals surface area contributed by atoms with Gasteiger partial charge in [-0.25, -0.2) is 4.79 Å². The van der Waals surface area contributed by atoms with Crippen molar-refractivity contribution in [1.29, 1.82) is 0 Å². The number of ether oxygens (including phenoxy) is 1. The van der Waals surface area contributed by atoms with Gasteiger partial charge in [0.15, 0.2) is 0 Å². The van der Waals surface area contributed by atoms with E-state index in [9.17, 15) is 4.79 Å². The lowest BCUT2D eigenvalue weighted by Crippen LogP contribution is -2.28. The van der Waals surface area contributed by atoms with Crippen LogP contribution >= 0.6 is 0 Å². The number of carbonyl (C=O) groups excluding carboxylic acids is 1. The molecule has 0 bridgehead atoms. The molecular weight excluding hydrogens is 352 g/mol. The molecule has 0 aliphatic heterocycles. The van der Waals surface area contributed by atoms with Gasteiger partial charge in [-0.05, 0) is 53.6 Å². The van der Waals surface area contributed by atoms with Crippen LogP contribution in [0.3, 0.4) is 0 Å². The minimum absolute atomic E-state index is 0.266. The maximum Gasteiger partial charge on any atom is 0.319 e. The lowest BCUT2D eigenvalue weighted by Gasteiger charge is -2.14. The Morgan fingerprint density at radius 2 is 1.82 bits per heavy atom. The van der Waals surface area contributed by atoms with Crippen molar-refractivity contribution in [1.82, 2.24) is 10.3 Å². The van der Waals surface area contributed by atoms with E-state index in [0.717, 1.165) is 22.6 Å². The fourth-order valence-electron chi connectivity index (χ4n) is 2.59. The molecule has 0 spiro atoms. The molecule has 0 saturated carbocycles. The van der Waals surface area contributed by atoms with E-state index in [2.05, 4.69) is 32.7 Å². The minimum Gasteiger partial charge on any atom is -0.489 e. The van der Waals surface area contributed by atoms with Gasteiger partial charge in [0, 0.05) is 44.4 Å². The molecule has 0 radical (unpaired) electrons. The number of urea groups is 1. The van der Waals surface area contributed by atoms with Crippen molar-refractivity contribution >= 4 is 17.4 Å². The molecule has 144 valence electrons. The second kappa shape index (κ2) is 9.41. The average molecular weight is 376 g/mol. The summed E-state index contributed by atoms with van der Waals surface area (Å²) >= 11 is 0. The minimum atomic E-state index is -0.266. The molecule has 28 heavy (non-hydrogen) atoms. The Bertz CT molecular complexity index is 896. The molecule has 6 heteroatoms. The number of aromatic nitrogens is 1. The normalized spacial score (nSPS) is 10.2. The zero-order valence-electron chi connectivity index (χ0n) is 16.1. The molecule has 2 N–H and O–H groups in total. The summed E-state index contributed by atoms with van der Waals surface area (Å²) in [6.07, 6.45) is 3.42. The Hall–Kier alpha value is -3.54. The third-order valence-electron chi connectivity index (χ3n) is 4.12.